The molecule has 9 nitrogen and oxygen atoms in total. The van der Waals surface area contributed by atoms with Crippen LogP contribution in [0.5, 0.6) is 0 Å². The van der Waals surface area contributed by atoms with Crippen LogP contribution < -0.4 is 11.1 Å². The number of hydrogen-bond acceptors (Lipinski definition) is 5. The van der Waals surface area contributed by atoms with Crippen molar-refractivity contribution in [1.29, 1.82) is 0 Å². The molecule has 0 bridgehead atoms. The van der Waals surface area contributed by atoms with Crippen LogP contribution in [0.4, 0.5) is 11.4 Å². The molecule has 1 heterocycles. The molecule has 0 aliphatic carbocycles. The van der Waals surface area contributed by atoms with Crippen LogP contribution in [0.15, 0.2) is 24.4 Å². The number of anilines is 1. The van der Waals surface area contributed by atoms with E-state index in [1.54, 1.807) is 6.07 Å². The Morgan fingerprint density at radius 3 is 2.61 bits per heavy atom. The number of nitrogens with zero attached hydrogens (tertiary/aromatic N) is 3. The van der Waals surface area contributed by atoms with Gasteiger partial charge in [0.05, 0.1) is 4.92 Å². The van der Waals surface area contributed by atoms with E-state index in [-0.39, 0.29) is 6.54 Å². The van der Waals surface area contributed by atoms with Gasteiger partial charge in [-0.15, -0.1) is 0 Å². The second kappa shape index (κ2) is 6.26. The molecule has 0 unspecified atom stereocenters. The molecule has 9 heteroatoms. The third kappa shape index (κ3) is 3.70. The number of aryl methyl sites for hydroxylation is 2. The predicted molar refractivity (Wildman–Crippen MR) is 81.9 cm³/mol. The zero-order chi connectivity index (χ0) is 17.1. The van der Waals surface area contributed by atoms with Gasteiger partial charge in [-0.2, -0.15) is 5.10 Å². The zero-order valence-corrected chi connectivity index (χ0v) is 12.6. The van der Waals surface area contributed by atoms with Crippen LogP contribution >= 0.6 is 0 Å². The van der Waals surface area contributed by atoms with Crippen LogP contribution in [0.3, 0.4) is 0 Å². The third-order valence-electron chi connectivity index (χ3n) is 3.13. The van der Waals surface area contributed by atoms with Gasteiger partial charge in [0, 0.05) is 5.69 Å². The molecule has 23 heavy (non-hydrogen) atoms. The Morgan fingerprint density at radius 1 is 1.39 bits per heavy atom. The summed E-state index contributed by atoms with van der Waals surface area (Å²) in [4.78, 5) is 33.2. The van der Waals surface area contributed by atoms with Crippen molar-refractivity contribution in [1.82, 2.24) is 9.78 Å². The molecule has 1 aromatic heterocycles. The molecule has 0 fully saturated rings. The van der Waals surface area contributed by atoms with Gasteiger partial charge in [0.15, 0.2) is 0 Å². The van der Waals surface area contributed by atoms with Gasteiger partial charge in [0.25, 0.3) is 5.91 Å². The normalized spacial score (nSPS) is 10.3. The molecule has 3 N–H and O–H groups in total. The van der Waals surface area contributed by atoms with Crippen molar-refractivity contribution in [3.8, 4) is 0 Å². The minimum atomic E-state index is -1.02. The number of nitro groups is 1. The van der Waals surface area contributed by atoms with E-state index in [4.69, 9.17) is 5.73 Å². The fourth-order valence-electron chi connectivity index (χ4n) is 2.09. The van der Waals surface area contributed by atoms with Gasteiger partial charge < -0.3 is 11.1 Å². The summed E-state index contributed by atoms with van der Waals surface area (Å²) in [6.07, 6.45) is 1.00. The second-order valence-electron chi connectivity index (χ2n) is 5.05. The number of primary amides is 1. The average Bonchev–Trinajstić information content (AvgIpc) is 2.86. The lowest BCUT2D eigenvalue weighted by atomic mass is 10.1. The first-order valence-corrected chi connectivity index (χ1v) is 6.66. The van der Waals surface area contributed by atoms with Gasteiger partial charge in [-0.25, -0.2) is 0 Å². The Bertz CT molecular complexity index is 765. The van der Waals surface area contributed by atoms with E-state index in [2.05, 4.69) is 10.4 Å². The lowest BCUT2D eigenvalue weighted by Crippen LogP contribution is -2.20. The molecule has 0 saturated heterocycles. The molecule has 2 rings (SSSR count). The van der Waals surface area contributed by atoms with Crippen LogP contribution in [-0.4, -0.2) is 26.5 Å². The first-order chi connectivity index (χ1) is 10.8. The third-order valence-corrected chi connectivity index (χ3v) is 3.13. The van der Waals surface area contributed by atoms with Crippen LogP contribution in [0, 0.1) is 24.0 Å². The van der Waals surface area contributed by atoms with E-state index in [0.29, 0.717) is 5.69 Å². The maximum absolute atomic E-state index is 12.0. The van der Waals surface area contributed by atoms with Gasteiger partial charge in [-0.1, -0.05) is 17.7 Å². The van der Waals surface area contributed by atoms with Crippen LogP contribution in [0.25, 0.3) is 0 Å². The zero-order valence-electron chi connectivity index (χ0n) is 12.6. The van der Waals surface area contributed by atoms with Gasteiger partial charge in [-0.3, -0.25) is 24.4 Å². The number of nitrogens with one attached hydrogen (secondary N) is 1. The number of carbonyl (C=O) groups is 2. The molecule has 0 atom stereocenters. The minimum absolute atomic E-state index is 0.276. The highest BCUT2D eigenvalue weighted by molar-refractivity contribution is 5.95. The summed E-state index contributed by atoms with van der Waals surface area (Å²) in [6.45, 7) is 3.51. The Labute approximate surface area is 131 Å². The van der Waals surface area contributed by atoms with Crippen molar-refractivity contribution in [2.75, 3.05) is 5.32 Å². The first-order valence-electron chi connectivity index (χ1n) is 6.66. The first kappa shape index (κ1) is 16.1. The highest BCUT2D eigenvalue weighted by Crippen LogP contribution is 2.18. The highest BCUT2D eigenvalue weighted by Gasteiger charge is 2.24. The molecular formula is C14H15N5O4. The molecular weight excluding hydrogens is 302 g/mol. The summed E-state index contributed by atoms with van der Waals surface area (Å²) in [6, 6.07) is 5.54. The molecule has 2 aromatic rings. The Kier molecular flexibility index (Phi) is 4.39. The SMILES string of the molecule is Cc1ccc(NC(=O)Cn2cc([N+](=O)[O-])c(C(N)=O)n2)c(C)c1. The summed E-state index contributed by atoms with van der Waals surface area (Å²) in [5, 5.41) is 17.2. The Balaban J connectivity index is 2.15. The van der Waals surface area contributed by atoms with Crippen molar-refractivity contribution in [2.45, 2.75) is 20.4 Å². The topological polar surface area (TPSA) is 133 Å². The summed E-state index contributed by atoms with van der Waals surface area (Å²) in [5.41, 5.74) is 6.62. The summed E-state index contributed by atoms with van der Waals surface area (Å²) >= 11 is 0. The van der Waals surface area contributed by atoms with Crippen molar-refractivity contribution in [3.63, 3.8) is 0 Å². The van der Waals surface area contributed by atoms with E-state index >= 15 is 0 Å². The fourth-order valence-corrected chi connectivity index (χ4v) is 2.09. The van der Waals surface area contributed by atoms with Gasteiger partial charge in [-0.05, 0) is 25.5 Å². The fraction of sp³-hybridized carbons (Fsp3) is 0.214. The van der Waals surface area contributed by atoms with Gasteiger partial charge in [0.1, 0.15) is 12.7 Å². The van der Waals surface area contributed by atoms with Crippen molar-refractivity contribution in [3.05, 3.63) is 51.3 Å². The lowest BCUT2D eigenvalue weighted by Gasteiger charge is -2.09. The van der Waals surface area contributed by atoms with Crippen molar-refractivity contribution >= 4 is 23.2 Å². The molecule has 1 aromatic carbocycles. The van der Waals surface area contributed by atoms with Gasteiger partial charge in [0.2, 0.25) is 11.6 Å². The molecule has 0 aliphatic rings. The monoisotopic (exact) mass is 317 g/mol. The smallest absolute Gasteiger partial charge is 0.320 e. The maximum Gasteiger partial charge on any atom is 0.320 e. The molecule has 0 saturated carbocycles. The van der Waals surface area contributed by atoms with Crippen LogP contribution in [0.2, 0.25) is 0 Å². The Morgan fingerprint density at radius 2 is 2.09 bits per heavy atom. The highest BCUT2D eigenvalue weighted by atomic mass is 16.6. The number of rotatable bonds is 5. The predicted octanol–water partition coefficient (Wildman–Crippen LogP) is 1.15. The number of amides is 2. The van der Waals surface area contributed by atoms with E-state index in [0.717, 1.165) is 22.0 Å². The van der Waals surface area contributed by atoms with E-state index in [9.17, 15) is 19.7 Å². The van der Waals surface area contributed by atoms with Crippen LogP contribution in [0.1, 0.15) is 21.6 Å². The van der Waals surface area contributed by atoms with Gasteiger partial charge >= 0.3 is 5.69 Å². The second-order valence-corrected chi connectivity index (χ2v) is 5.05. The number of hydrogen-bond donors (Lipinski definition) is 2. The quantitative estimate of drug-likeness (QED) is 0.630. The standard InChI is InChI=1S/C14H15N5O4/c1-8-3-4-10(9(2)5-8)16-12(20)7-18-6-11(19(22)23)13(17-18)14(15)21/h3-6H,7H2,1-2H3,(H2,15,21)(H,16,20). The summed E-state index contributed by atoms with van der Waals surface area (Å²) < 4.78 is 1.01. The molecule has 0 aliphatic heterocycles. The molecule has 0 radical (unpaired) electrons. The Hall–Kier alpha value is -3.23. The molecule has 0 spiro atoms. The average molecular weight is 317 g/mol. The number of aromatic nitrogens is 2. The van der Waals surface area contributed by atoms with E-state index in [1.165, 1.54) is 0 Å². The lowest BCUT2D eigenvalue weighted by molar-refractivity contribution is -0.385. The van der Waals surface area contributed by atoms with Crippen molar-refractivity contribution in [2.24, 2.45) is 5.73 Å². The minimum Gasteiger partial charge on any atom is -0.364 e. The van der Waals surface area contributed by atoms with E-state index in [1.807, 2.05) is 26.0 Å². The molecule has 120 valence electrons. The maximum atomic E-state index is 12.0. The number of benzene rings is 1. The largest absolute Gasteiger partial charge is 0.364 e. The summed E-state index contributed by atoms with van der Waals surface area (Å²) in [7, 11) is 0. The molecule has 2 amide bonds. The van der Waals surface area contributed by atoms with Crippen LogP contribution in [-0.2, 0) is 11.3 Å². The van der Waals surface area contributed by atoms with Crippen molar-refractivity contribution < 1.29 is 14.5 Å². The summed E-state index contributed by atoms with van der Waals surface area (Å²) in [5.74, 6) is -1.45. The number of carbonyl (C=O) groups excluding carboxylic acids is 2. The number of nitrogens with two attached hydrogens (primary N) is 1. The van der Waals surface area contributed by atoms with E-state index < -0.39 is 28.1 Å².